The van der Waals surface area contributed by atoms with Gasteiger partial charge in [0, 0.05) is 38.1 Å². The lowest BCUT2D eigenvalue weighted by molar-refractivity contribution is -0.129. The molecule has 3 aliphatic heterocycles. The van der Waals surface area contributed by atoms with Crippen LogP contribution in [0.4, 0.5) is 0 Å². The average molecular weight is 308 g/mol. The van der Waals surface area contributed by atoms with Gasteiger partial charge in [-0.25, -0.2) is 0 Å². The van der Waals surface area contributed by atoms with E-state index < -0.39 is 0 Å². The van der Waals surface area contributed by atoms with Crippen LogP contribution in [0.1, 0.15) is 32.6 Å². The number of carbonyl (C=O) groups is 2. The van der Waals surface area contributed by atoms with E-state index in [0.29, 0.717) is 19.0 Å². The van der Waals surface area contributed by atoms with Crippen LogP contribution in [-0.2, 0) is 9.59 Å². The zero-order chi connectivity index (χ0) is 15.5. The summed E-state index contributed by atoms with van der Waals surface area (Å²) in [6, 6.07) is 0.719. The predicted octanol–water partition coefficient (Wildman–Crippen LogP) is -0.203. The second kappa shape index (κ2) is 6.96. The maximum atomic E-state index is 12.3. The molecule has 6 heteroatoms. The summed E-state index contributed by atoms with van der Waals surface area (Å²) in [5.74, 6) is 0.0422. The molecule has 2 amide bonds. The van der Waals surface area contributed by atoms with Crippen LogP contribution in [0.5, 0.6) is 0 Å². The third-order valence-electron chi connectivity index (χ3n) is 5.33. The molecule has 6 nitrogen and oxygen atoms in total. The molecule has 3 fully saturated rings. The van der Waals surface area contributed by atoms with Crippen LogP contribution in [0.3, 0.4) is 0 Å². The summed E-state index contributed by atoms with van der Waals surface area (Å²) < 4.78 is 0. The highest BCUT2D eigenvalue weighted by Crippen LogP contribution is 2.23. The number of hydrogen-bond acceptors (Lipinski definition) is 4. The summed E-state index contributed by atoms with van der Waals surface area (Å²) in [6.45, 7) is 7.57. The van der Waals surface area contributed by atoms with E-state index in [1.165, 1.54) is 12.8 Å². The van der Waals surface area contributed by atoms with E-state index in [0.717, 1.165) is 39.1 Å². The molecule has 3 aliphatic rings. The van der Waals surface area contributed by atoms with Crippen LogP contribution in [-0.4, -0.2) is 73.0 Å². The second-order valence-electron chi connectivity index (χ2n) is 6.82. The van der Waals surface area contributed by atoms with Crippen molar-refractivity contribution in [1.82, 2.24) is 20.4 Å². The Labute approximate surface area is 132 Å². The Balaban J connectivity index is 1.50. The highest BCUT2D eigenvalue weighted by Gasteiger charge is 2.37. The van der Waals surface area contributed by atoms with Gasteiger partial charge in [-0.2, -0.15) is 0 Å². The van der Waals surface area contributed by atoms with Gasteiger partial charge in [-0.1, -0.05) is 6.92 Å². The molecule has 0 aromatic rings. The summed E-state index contributed by atoms with van der Waals surface area (Å²) in [5, 5.41) is 6.33. The van der Waals surface area contributed by atoms with Crippen molar-refractivity contribution in [2.24, 2.45) is 5.92 Å². The van der Waals surface area contributed by atoms with Crippen molar-refractivity contribution >= 4 is 11.8 Å². The number of likely N-dealkylation sites (tertiary alicyclic amines) is 2. The summed E-state index contributed by atoms with van der Waals surface area (Å²) in [4.78, 5) is 28.9. The molecule has 124 valence electrons. The van der Waals surface area contributed by atoms with Crippen molar-refractivity contribution in [3.05, 3.63) is 0 Å². The van der Waals surface area contributed by atoms with E-state index in [1.54, 1.807) is 0 Å². The lowest BCUT2D eigenvalue weighted by Crippen LogP contribution is -2.43. The third kappa shape index (κ3) is 3.43. The van der Waals surface area contributed by atoms with E-state index in [9.17, 15) is 9.59 Å². The summed E-state index contributed by atoms with van der Waals surface area (Å²) in [5.41, 5.74) is 0. The van der Waals surface area contributed by atoms with Gasteiger partial charge in [-0.05, 0) is 38.9 Å². The van der Waals surface area contributed by atoms with Crippen LogP contribution in [0, 0.1) is 5.92 Å². The monoisotopic (exact) mass is 308 g/mol. The van der Waals surface area contributed by atoms with Crippen molar-refractivity contribution in [3.63, 3.8) is 0 Å². The molecule has 0 aromatic heterocycles. The minimum Gasteiger partial charge on any atom is -0.352 e. The van der Waals surface area contributed by atoms with E-state index in [4.69, 9.17) is 0 Å². The number of rotatable bonds is 5. The molecule has 0 spiro atoms. The Bertz CT molecular complexity index is 422. The lowest BCUT2D eigenvalue weighted by atomic mass is 10.1. The van der Waals surface area contributed by atoms with E-state index in [-0.39, 0.29) is 23.8 Å². The smallest absolute Gasteiger partial charge is 0.225 e. The van der Waals surface area contributed by atoms with E-state index >= 15 is 0 Å². The third-order valence-corrected chi connectivity index (χ3v) is 5.33. The number of amides is 2. The molecular formula is C16H28N4O2. The molecule has 0 saturated carbocycles. The van der Waals surface area contributed by atoms with Gasteiger partial charge in [0.25, 0.3) is 0 Å². The van der Waals surface area contributed by atoms with Crippen molar-refractivity contribution in [3.8, 4) is 0 Å². The molecule has 3 atom stereocenters. The molecule has 0 bridgehead atoms. The Kier molecular flexibility index (Phi) is 4.98. The topological polar surface area (TPSA) is 64.7 Å². The largest absolute Gasteiger partial charge is 0.352 e. The SMILES string of the molecule is CCN1CCCC1CN1CC(C(=O)NC2CCNC2)CC1=O. The fraction of sp³-hybridized carbons (Fsp3) is 0.875. The fourth-order valence-electron chi connectivity index (χ4n) is 3.99. The van der Waals surface area contributed by atoms with Crippen LogP contribution >= 0.6 is 0 Å². The molecule has 3 saturated heterocycles. The van der Waals surface area contributed by atoms with E-state index in [2.05, 4.69) is 22.5 Å². The maximum absolute atomic E-state index is 12.3. The van der Waals surface area contributed by atoms with Gasteiger partial charge in [0.2, 0.25) is 11.8 Å². The molecule has 0 radical (unpaired) electrons. The number of likely N-dealkylation sites (N-methyl/N-ethyl adjacent to an activating group) is 1. The summed E-state index contributed by atoms with van der Waals surface area (Å²) in [7, 11) is 0. The van der Waals surface area contributed by atoms with Crippen molar-refractivity contribution in [1.29, 1.82) is 0 Å². The molecule has 0 aliphatic carbocycles. The van der Waals surface area contributed by atoms with Gasteiger partial charge in [-0.3, -0.25) is 14.5 Å². The molecule has 2 N–H and O–H groups in total. The Hall–Kier alpha value is -1.14. The summed E-state index contributed by atoms with van der Waals surface area (Å²) in [6.07, 6.45) is 3.76. The predicted molar refractivity (Wildman–Crippen MR) is 84.4 cm³/mol. The van der Waals surface area contributed by atoms with Gasteiger partial charge in [-0.15, -0.1) is 0 Å². The molecular weight excluding hydrogens is 280 g/mol. The van der Waals surface area contributed by atoms with Crippen LogP contribution < -0.4 is 10.6 Å². The van der Waals surface area contributed by atoms with Crippen molar-refractivity contribution in [2.75, 3.05) is 39.3 Å². The van der Waals surface area contributed by atoms with Gasteiger partial charge >= 0.3 is 0 Å². The zero-order valence-corrected chi connectivity index (χ0v) is 13.5. The molecule has 3 rings (SSSR count). The fourth-order valence-corrected chi connectivity index (χ4v) is 3.99. The van der Waals surface area contributed by atoms with E-state index in [1.807, 2.05) is 4.90 Å². The van der Waals surface area contributed by atoms with Crippen LogP contribution in [0.15, 0.2) is 0 Å². The molecule has 22 heavy (non-hydrogen) atoms. The number of hydrogen-bond donors (Lipinski definition) is 2. The first kappa shape index (κ1) is 15.7. The minimum atomic E-state index is -0.162. The Morgan fingerprint density at radius 1 is 1.41 bits per heavy atom. The maximum Gasteiger partial charge on any atom is 0.225 e. The normalized spacial score (nSPS) is 32.9. The average Bonchev–Trinajstić information content (AvgIpc) is 3.22. The van der Waals surface area contributed by atoms with Gasteiger partial charge in [0.1, 0.15) is 0 Å². The zero-order valence-electron chi connectivity index (χ0n) is 13.5. The number of nitrogens with one attached hydrogen (secondary N) is 2. The second-order valence-corrected chi connectivity index (χ2v) is 6.82. The number of carbonyl (C=O) groups excluding carboxylic acids is 2. The van der Waals surface area contributed by atoms with Crippen LogP contribution in [0.25, 0.3) is 0 Å². The quantitative estimate of drug-likeness (QED) is 0.738. The van der Waals surface area contributed by atoms with Gasteiger partial charge in [0.15, 0.2) is 0 Å². The first-order valence-corrected chi connectivity index (χ1v) is 8.70. The van der Waals surface area contributed by atoms with Crippen LogP contribution in [0.2, 0.25) is 0 Å². The lowest BCUT2D eigenvalue weighted by Gasteiger charge is -2.27. The van der Waals surface area contributed by atoms with Crippen molar-refractivity contribution in [2.45, 2.75) is 44.7 Å². The Morgan fingerprint density at radius 3 is 3.00 bits per heavy atom. The molecule has 3 heterocycles. The molecule has 0 aromatic carbocycles. The highest BCUT2D eigenvalue weighted by molar-refractivity contribution is 5.89. The summed E-state index contributed by atoms with van der Waals surface area (Å²) >= 11 is 0. The van der Waals surface area contributed by atoms with Crippen molar-refractivity contribution < 1.29 is 9.59 Å². The highest BCUT2D eigenvalue weighted by atomic mass is 16.2. The first-order chi connectivity index (χ1) is 10.7. The Morgan fingerprint density at radius 2 is 2.27 bits per heavy atom. The van der Waals surface area contributed by atoms with Gasteiger partial charge < -0.3 is 15.5 Å². The molecule has 3 unspecified atom stereocenters. The standard InChI is InChI=1S/C16H28N4O2/c1-2-19-7-3-4-14(19)11-20-10-12(8-15(20)21)16(22)18-13-5-6-17-9-13/h12-14,17H,2-11H2,1H3,(H,18,22). The minimum absolute atomic E-state index is 0.0586. The van der Waals surface area contributed by atoms with Gasteiger partial charge in [0.05, 0.1) is 5.92 Å². The first-order valence-electron chi connectivity index (χ1n) is 8.70. The number of nitrogens with zero attached hydrogens (tertiary/aromatic N) is 2.